The van der Waals surface area contributed by atoms with Gasteiger partial charge in [-0.05, 0) is 18.2 Å². The van der Waals surface area contributed by atoms with Crippen molar-refractivity contribution in [2.75, 3.05) is 65.0 Å². The van der Waals surface area contributed by atoms with Gasteiger partial charge in [0.15, 0.2) is 0 Å². The molecule has 2 rings (SSSR count). The molecule has 222 valence electrons. The zero-order valence-corrected chi connectivity index (χ0v) is 22.5. The van der Waals surface area contributed by atoms with Crippen LogP contribution in [0.25, 0.3) is 0 Å². The number of rotatable bonds is 15. The van der Waals surface area contributed by atoms with Crippen molar-refractivity contribution in [2.45, 2.75) is 6.04 Å². The summed E-state index contributed by atoms with van der Waals surface area (Å²) in [7, 11) is 4.44. The molecule has 0 aromatic heterocycles. The highest BCUT2D eigenvalue weighted by Crippen LogP contribution is 2.32. The second kappa shape index (κ2) is 15.4. The fourth-order valence-electron chi connectivity index (χ4n) is 3.30. The van der Waals surface area contributed by atoms with Gasteiger partial charge >= 0.3 is 23.9 Å². The topological polar surface area (TPSA) is 182 Å². The highest BCUT2D eigenvalue weighted by Gasteiger charge is 2.30. The smallest absolute Gasteiger partial charge is 0.340 e. The number of halogens is 1. The van der Waals surface area contributed by atoms with Crippen molar-refractivity contribution < 1.29 is 56.9 Å². The van der Waals surface area contributed by atoms with Crippen molar-refractivity contribution in [3.05, 3.63) is 52.3 Å². The molecule has 16 heteroatoms. The van der Waals surface area contributed by atoms with E-state index >= 15 is 0 Å². The predicted molar refractivity (Wildman–Crippen MR) is 138 cm³/mol. The molecule has 0 heterocycles. The third-order valence-corrected chi connectivity index (χ3v) is 5.31. The number of benzene rings is 2. The molecule has 0 aliphatic heterocycles. The molecule has 2 aromatic carbocycles. The lowest BCUT2D eigenvalue weighted by Gasteiger charge is -2.24. The Morgan fingerprint density at radius 3 is 1.93 bits per heavy atom. The van der Waals surface area contributed by atoms with Crippen LogP contribution in [0.2, 0.25) is 0 Å². The number of carbonyl (C=O) groups excluding carboxylic acids is 4. The number of nitro benzene ring substituents is 1. The molecule has 0 amide bonds. The lowest BCUT2D eigenvalue weighted by molar-refractivity contribution is -0.384. The van der Waals surface area contributed by atoms with E-state index in [2.05, 4.69) is 24.3 Å². The fourth-order valence-corrected chi connectivity index (χ4v) is 3.30. The first-order chi connectivity index (χ1) is 19.5. The van der Waals surface area contributed by atoms with Crippen LogP contribution in [-0.2, 0) is 38.1 Å². The number of hydrogen-bond acceptors (Lipinski definition) is 14. The molecule has 0 bridgehead atoms. The monoisotopic (exact) mass is 581 g/mol. The Morgan fingerprint density at radius 1 is 0.854 bits per heavy atom. The average Bonchev–Trinajstić information content (AvgIpc) is 2.97. The van der Waals surface area contributed by atoms with Crippen LogP contribution in [0.3, 0.4) is 0 Å². The summed E-state index contributed by atoms with van der Waals surface area (Å²) in [5.74, 6) is -4.19. The fraction of sp³-hybridized carbons (Fsp3) is 0.360. The van der Waals surface area contributed by atoms with Crippen molar-refractivity contribution >= 4 is 40.9 Å². The van der Waals surface area contributed by atoms with Crippen LogP contribution in [0, 0.1) is 15.9 Å². The minimum absolute atomic E-state index is 0.0187. The number of methoxy groups -OCH3 is 4. The molecule has 41 heavy (non-hydrogen) atoms. The van der Waals surface area contributed by atoms with Crippen LogP contribution in [0.4, 0.5) is 21.5 Å². The third kappa shape index (κ3) is 9.22. The zero-order chi connectivity index (χ0) is 30.5. The normalized spacial score (nSPS) is 10.3. The zero-order valence-electron chi connectivity index (χ0n) is 22.5. The van der Waals surface area contributed by atoms with Crippen molar-refractivity contribution in [1.82, 2.24) is 0 Å². The van der Waals surface area contributed by atoms with E-state index in [9.17, 15) is 33.7 Å². The van der Waals surface area contributed by atoms with Gasteiger partial charge in [-0.15, -0.1) is 0 Å². The molecule has 0 aliphatic rings. The van der Waals surface area contributed by atoms with E-state index in [1.165, 1.54) is 17.0 Å². The summed E-state index contributed by atoms with van der Waals surface area (Å²) in [6, 6.07) is 5.20. The molecule has 1 N–H and O–H groups in total. The molecule has 2 aromatic rings. The summed E-state index contributed by atoms with van der Waals surface area (Å²) < 4.78 is 43.8. The van der Waals surface area contributed by atoms with E-state index in [0.29, 0.717) is 0 Å². The standard InChI is InChI=1S/C25H28FN3O12/c1-36-21(30)13-28(14-22(31)37-2)18-8-5-15(26)11-20(18)41-10-9-40-19-12-16(29(34)35)6-7-17(19)27-23(24(32)38-3)25(33)39-4/h5-8,11-12,23,27H,9-10,13-14H2,1-4H3. The maximum Gasteiger partial charge on any atom is 0.340 e. The minimum atomic E-state index is -1.60. The Kier molecular flexibility index (Phi) is 12.1. The van der Waals surface area contributed by atoms with Crippen molar-refractivity contribution in [3.8, 4) is 11.5 Å². The van der Waals surface area contributed by atoms with E-state index < -0.39 is 40.7 Å². The average molecular weight is 582 g/mol. The first-order valence-electron chi connectivity index (χ1n) is 11.7. The molecule has 0 atom stereocenters. The number of nitro groups is 1. The Bertz CT molecular complexity index is 1240. The molecule has 15 nitrogen and oxygen atoms in total. The molecular formula is C25H28FN3O12. The summed E-state index contributed by atoms with van der Waals surface area (Å²) >= 11 is 0. The van der Waals surface area contributed by atoms with Crippen molar-refractivity contribution in [2.24, 2.45) is 0 Å². The number of anilines is 2. The number of carbonyl (C=O) groups is 4. The largest absolute Gasteiger partial charge is 0.488 e. The highest BCUT2D eigenvalue weighted by molar-refractivity contribution is 6.02. The number of hydrogen-bond donors (Lipinski definition) is 1. The van der Waals surface area contributed by atoms with E-state index in [1.807, 2.05) is 0 Å². The number of non-ortho nitro benzene ring substituents is 1. The molecule has 0 radical (unpaired) electrons. The maximum atomic E-state index is 14.1. The molecule has 0 saturated heterocycles. The van der Waals surface area contributed by atoms with Crippen LogP contribution in [0.5, 0.6) is 11.5 Å². The van der Waals surface area contributed by atoms with Gasteiger partial charge in [0.1, 0.15) is 43.6 Å². The molecule has 0 fully saturated rings. The SMILES string of the molecule is COC(=O)CN(CC(=O)OC)c1ccc(F)cc1OCCOc1cc([N+](=O)[O-])ccc1NC(C(=O)OC)C(=O)OC. The van der Waals surface area contributed by atoms with Crippen LogP contribution in [-0.4, -0.2) is 89.6 Å². The third-order valence-electron chi connectivity index (χ3n) is 5.31. The second-order valence-electron chi connectivity index (χ2n) is 7.88. The number of nitrogens with zero attached hydrogens (tertiary/aromatic N) is 2. The lowest BCUT2D eigenvalue weighted by atomic mass is 10.2. The van der Waals surface area contributed by atoms with E-state index in [4.69, 9.17) is 9.47 Å². The highest BCUT2D eigenvalue weighted by atomic mass is 19.1. The van der Waals surface area contributed by atoms with E-state index in [1.54, 1.807) is 0 Å². The number of ether oxygens (including phenoxy) is 6. The van der Waals surface area contributed by atoms with Gasteiger partial charge in [0.2, 0.25) is 6.04 Å². The quantitative estimate of drug-likeness (QED) is 0.0797. The van der Waals surface area contributed by atoms with Crippen LogP contribution in [0.15, 0.2) is 36.4 Å². The van der Waals surface area contributed by atoms with E-state index in [0.717, 1.165) is 52.7 Å². The van der Waals surface area contributed by atoms with Gasteiger partial charge in [-0.25, -0.2) is 14.0 Å². The summed E-state index contributed by atoms with van der Waals surface area (Å²) in [6.07, 6.45) is 0. The van der Waals surface area contributed by atoms with E-state index in [-0.39, 0.29) is 54.9 Å². The number of nitrogens with one attached hydrogen (secondary N) is 1. The van der Waals surface area contributed by atoms with Gasteiger partial charge in [0.25, 0.3) is 5.69 Å². The Balaban J connectivity index is 2.26. The van der Waals surface area contributed by atoms with Gasteiger partial charge in [-0.3, -0.25) is 19.7 Å². The second-order valence-corrected chi connectivity index (χ2v) is 7.88. The molecule has 0 unspecified atom stereocenters. The van der Waals surface area contributed by atoms with Gasteiger partial charge < -0.3 is 38.6 Å². The minimum Gasteiger partial charge on any atom is -0.488 e. The molecule has 0 saturated carbocycles. The summed E-state index contributed by atoms with van der Waals surface area (Å²) in [5, 5.41) is 13.9. The first-order valence-corrected chi connectivity index (χ1v) is 11.7. The Hall–Kier alpha value is -5.15. The predicted octanol–water partition coefficient (Wildman–Crippen LogP) is 1.47. The number of esters is 4. The molecule has 0 spiro atoms. The molecule has 0 aliphatic carbocycles. The summed E-state index contributed by atoms with van der Waals surface area (Å²) in [4.78, 5) is 59.8. The van der Waals surface area contributed by atoms with Crippen molar-refractivity contribution in [1.29, 1.82) is 0 Å². The van der Waals surface area contributed by atoms with Crippen LogP contribution >= 0.6 is 0 Å². The Morgan fingerprint density at radius 2 is 1.41 bits per heavy atom. The van der Waals surface area contributed by atoms with Gasteiger partial charge in [0, 0.05) is 12.1 Å². The lowest BCUT2D eigenvalue weighted by Crippen LogP contribution is -2.39. The van der Waals surface area contributed by atoms with Crippen LogP contribution < -0.4 is 19.7 Å². The van der Waals surface area contributed by atoms with Gasteiger partial charge in [-0.1, -0.05) is 0 Å². The molecular weight excluding hydrogens is 553 g/mol. The van der Waals surface area contributed by atoms with Gasteiger partial charge in [-0.2, -0.15) is 0 Å². The van der Waals surface area contributed by atoms with Crippen molar-refractivity contribution in [3.63, 3.8) is 0 Å². The first kappa shape index (κ1) is 32.1. The summed E-state index contributed by atoms with van der Waals surface area (Å²) in [6.45, 7) is -1.27. The van der Waals surface area contributed by atoms with Crippen LogP contribution in [0.1, 0.15) is 0 Å². The van der Waals surface area contributed by atoms with Gasteiger partial charge in [0.05, 0.1) is 50.8 Å². The Labute approximate surface area is 233 Å². The maximum absolute atomic E-state index is 14.1. The summed E-state index contributed by atoms with van der Waals surface area (Å²) in [5.41, 5.74) is -0.170.